The Morgan fingerprint density at radius 2 is 1.25 bits per heavy atom. The highest BCUT2D eigenvalue weighted by Gasteiger charge is 2.52. The summed E-state index contributed by atoms with van der Waals surface area (Å²) in [5.74, 6) is 1.54. The second kappa shape index (κ2) is 10.8. The van der Waals surface area contributed by atoms with Crippen LogP contribution in [0.15, 0.2) is 180 Å². The lowest BCUT2D eigenvalue weighted by atomic mass is 9.70. The number of benzene rings is 6. The van der Waals surface area contributed by atoms with Gasteiger partial charge in [-0.15, -0.1) is 0 Å². The lowest BCUT2D eigenvalue weighted by molar-refractivity contribution is 0.0662. The molecule has 1 aromatic heterocycles. The van der Waals surface area contributed by atoms with Crippen LogP contribution in [-0.4, -0.2) is 18.2 Å². The molecule has 2 heterocycles. The van der Waals surface area contributed by atoms with Crippen LogP contribution in [0, 0.1) is 0 Å². The van der Waals surface area contributed by atoms with E-state index in [9.17, 15) is 0 Å². The Morgan fingerprint density at radius 1 is 0.566 bits per heavy atom. The summed E-state index contributed by atoms with van der Waals surface area (Å²) in [6.07, 6.45) is 15.4. The molecule has 4 heteroatoms. The van der Waals surface area contributed by atoms with E-state index in [4.69, 9.17) is 13.9 Å². The molecule has 4 nitrogen and oxygen atoms in total. The lowest BCUT2D eigenvalue weighted by Crippen LogP contribution is -2.48. The highest BCUT2D eigenvalue weighted by molar-refractivity contribution is 6.09. The lowest BCUT2D eigenvalue weighted by Gasteiger charge is -2.42. The fourth-order valence-corrected chi connectivity index (χ4v) is 9.83. The van der Waals surface area contributed by atoms with Crippen molar-refractivity contribution in [2.24, 2.45) is 0 Å². The second-order valence-corrected chi connectivity index (χ2v) is 14.6. The predicted molar refractivity (Wildman–Crippen MR) is 212 cm³/mol. The molecule has 6 aromatic carbocycles. The molecule has 12 rings (SSSR count). The minimum Gasteiger partial charge on any atom is -0.478 e. The summed E-state index contributed by atoms with van der Waals surface area (Å²) in [5, 5.41) is 2.22. The molecule has 5 aliphatic rings. The fourth-order valence-electron chi connectivity index (χ4n) is 9.83. The third-order valence-corrected chi connectivity index (χ3v) is 11.9. The number of fused-ring (bicyclic) bond motifs is 15. The fraction of sp³-hybridized carbons (Fsp3) is 0.102. The van der Waals surface area contributed by atoms with Crippen LogP contribution in [0.2, 0.25) is 0 Å². The van der Waals surface area contributed by atoms with Gasteiger partial charge < -0.3 is 18.8 Å². The van der Waals surface area contributed by atoms with Crippen molar-refractivity contribution in [1.29, 1.82) is 0 Å². The molecule has 1 spiro atoms. The maximum absolute atomic E-state index is 7.26. The number of anilines is 1. The van der Waals surface area contributed by atoms with E-state index >= 15 is 0 Å². The number of ether oxygens (including phenoxy) is 2. The van der Waals surface area contributed by atoms with Crippen LogP contribution < -0.4 is 14.4 Å². The van der Waals surface area contributed by atoms with Gasteiger partial charge >= 0.3 is 0 Å². The molecule has 4 aliphatic carbocycles. The van der Waals surface area contributed by atoms with Gasteiger partial charge in [0.05, 0.1) is 22.8 Å². The minimum atomic E-state index is -0.457. The topological polar surface area (TPSA) is 34.8 Å². The van der Waals surface area contributed by atoms with E-state index in [-0.39, 0.29) is 18.2 Å². The summed E-state index contributed by atoms with van der Waals surface area (Å²) in [5.41, 5.74) is 13.5. The van der Waals surface area contributed by atoms with E-state index in [0.29, 0.717) is 0 Å². The molecule has 0 saturated carbocycles. The number of para-hydroxylation sites is 2. The van der Waals surface area contributed by atoms with E-state index in [0.717, 1.165) is 51.2 Å². The molecule has 0 saturated heterocycles. The summed E-state index contributed by atoms with van der Waals surface area (Å²) in [6.45, 7) is 0. The summed E-state index contributed by atoms with van der Waals surface area (Å²) >= 11 is 0. The Labute approximate surface area is 307 Å². The van der Waals surface area contributed by atoms with Crippen molar-refractivity contribution in [1.82, 2.24) is 0 Å². The summed E-state index contributed by atoms with van der Waals surface area (Å²) in [6, 6.07) is 46.0. The molecule has 0 radical (unpaired) electrons. The monoisotopic (exact) mass is 683 g/mol. The van der Waals surface area contributed by atoms with Crippen LogP contribution in [0.25, 0.3) is 44.2 Å². The maximum atomic E-state index is 7.26. The third-order valence-electron chi connectivity index (χ3n) is 11.9. The van der Waals surface area contributed by atoms with Crippen molar-refractivity contribution in [2.45, 2.75) is 30.1 Å². The van der Waals surface area contributed by atoms with Gasteiger partial charge in [-0.05, 0) is 87.3 Å². The average Bonchev–Trinajstić information content (AvgIpc) is 3.84. The Morgan fingerprint density at radius 3 is 2.00 bits per heavy atom. The molecule has 1 aliphatic heterocycles. The summed E-state index contributed by atoms with van der Waals surface area (Å²) < 4.78 is 20.9. The molecular formula is C49H33NO3. The predicted octanol–water partition coefficient (Wildman–Crippen LogP) is 11.3. The van der Waals surface area contributed by atoms with Crippen LogP contribution in [0.4, 0.5) is 5.69 Å². The van der Waals surface area contributed by atoms with Crippen molar-refractivity contribution in [3.05, 3.63) is 198 Å². The first-order valence-electron chi connectivity index (χ1n) is 18.5. The molecular weight excluding hydrogens is 651 g/mol. The second-order valence-electron chi connectivity index (χ2n) is 14.6. The van der Waals surface area contributed by atoms with Crippen LogP contribution in [-0.2, 0) is 5.41 Å². The van der Waals surface area contributed by atoms with Gasteiger partial charge in [0.1, 0.15) is 5.58 Å². The Hall–Kier alpha value is -6.52. The van der Waals surface area contributed by atoms with E-state index in [1.54, 1.807) is 0 Å². The van der Waals surface area contributed by atoms with Gasteiger partial charge in [-0.3, -0.25) is 0 Å². The highest BCUT2D eigenvalue weighted by Crippen LogP contribution is 2.64. The van der Waals surface area contributed by atoms with E-state index in [2.05, 4.69) is 163 Å². The van der Waals surface area contributed by atoms with Gasteiger partial charge in [0, 0.05) is 10.8 Å². The normalized spacial score (nSPS) is 20.5. The number of hydrogen-bond donors (Lipinski definition) is 0. The first-order chi connectivity index (χ1) is 26.3. The van der Waals surface area contributed by atoms with Crippen LogP contribution >= 0.6 is 0 Å². The van der Waals surface area contributed by atoms with Crippen LogP contribution in [0.3, 0.4) is 0 Å². The molecule has 0 amide bonds. The first-order valence-corrected chi connectivity index (χ1v) is 18.5. The zero-order valence-corrected chi connectivity index (χ0v) is 28.8. The van der Waals surface area contributed by atoms with Gasteiger partial charge in [-0.25, -0.2) is 0 Å². The van der Waals surface area contributed by atoms with Crippen LogP contribution in [0.1, 0.15) is 28.7 Å². The largest absolute Gasteiger partial charge is 0.478 e. The molecule has 0 fully saturated rings. The van der Waals surface area contributed by atoms with Crippen molar-refractivity contribution in [3.8, 4) is 33.8 Å². The van der Waals surface area contributed by atoms with E-state index in [1.807, 2.05) is 12.1 Å². The Kier molecular flexibility index (Phi) is 5.90. The van der Waals surface area contributed by atoms with Crippen LogP contribution in [0.5, 0.6) is 11.5 Å². The number of hydrogen-bond acceptors (Lipinski definition) is 4. The van der Waals surface area contributed by atoms with E-state index < -0.39 is 5.41 Å². The minimum absolute atomic E-state index is 0.0616. The van der Waals surface area contributed by atoms with Crippen molar-refractivity contribution >= 4 is 27.6 Å². The molecule has 0 N–H and O–H groups in total. The van der Waals surface area contributed by atoms with Crippen molar-refractivity contribution in [3.63, 3.8) is 0 Å². The quantitative estimate of drug-likeness (QED) is 0.186. The molecule has 252 valence electrons. The average molecular weight is 684 g/mol. The number of furan rings is 1. The molecule has 53 heavy (non-hydrogen) atoms. The maximum Gasteiger partial charge on any atom is 0.179 e. The van der Waals surface area contributed by atoms with Gasteiger partial charge in [0.2, 0.25) is 0 Å². The smallest absolute Gasteiger partial charge is 0.179 e. The summed E-state index contributed by atoms with van der Waals surface area (Å²) in [4.78, 5) is 2.41. The standard InChI is InChI=1S/C49H33NO3/c1-2-14-30(15-3-1)50(41-24-12-20-35-34-19-7-11-26-43(34)52-47(35)41)42-25-13-27-44-48(42)53-46-29-40-36(28-45(46)51-44)33-18-6-10-23-39(33)49(40)37-21-8-4-16-31(37)32-17-5-9-22-38(32)49/h1-14,16-30,44,48H,15H2. The SMILES string of the molecule is C1=CCC(N(C2=CC=CC3Oc4cc5c(cc4OC23)C2(c3ccccc3-c3ccccc32)c2ccccc2-5)c2cccc3c2oc2ccccc23)C=C1. The molecule has 7 aromatic rings. The molecule has 0 bridgehead atoms. The Bertz CT molecular complexity index is 2770. The number of nitrogens with zero attached hydrogens (tertiary/aromatic N) is 1. The van der Waals surface area contributed by atoms with Gasteiger partial charge in [-0.1, -0.05) is 134 Å². The zero-order valence-electron chi connectivity index (χ0n) is 28.8. The van der Waals surface area contributed by atoms with Gasteiger partial charge in [0.25, 0.3) is 0 Å². The molecule has 3 atom stereocenters. The summed E-state index contributed by atoms with van der Waals surface area (Å²) in [7, 11) is 0. The number of allylic oxidation sites excluding steroid dienone is 4. The number of rotatable bonds is 3. The highest BCUT2D eigenvalue weighted by atomic mass is 16.6. The van der Waals surface area contributed by atoms with E-state index in [1.165, 1.54) is 44.5 Å². The molecule has 3 unspecified atom stereocenters. The zero-order chi connectivity index (χ0) is 34.7. The Balaban J connectivity index is 1.03. The van der Waals surface area contributed by atoms with Crippen molar-refractivity contribution in [2.75, 3.05) is 4.90 Å². The van der Waals surface area contributed by atoms with Crippen molar-refractivity contribution < 1.29 is 13.9 Å². The first kappa shape index (κ1) is 29.1. The van der Waals surface area contributed by atoms with Gasteiger partial charge in [-0.2, -0.15) is 0 Å². The third kappa shape index (κ3) is 3.85. The van der Waals surface area contributed by atoms with Gasteiger partial charge in [0.15, 0.2) is 29.3 Å².